The van der Waals surface area contributed by atoms with E-state index >= 15 is 0 Å². The van der Waals surface area contributed by atoms with Crippen molar-refractivity contribution in [3.63, 3.8) is 0 Å². The van der Waals surface area contributed by atoms with Crippen molar-refractivity contribution < 1.29 is 4.79 Å². The molecule has 0 radical (unpaired) electrons. The van der Waals surface area contributed by atoms with Gasteiger partial charge in [0, 0.05) is 11.1 Å². The van der Waals surface area contributed by atoms with E-state index in [1.165, 1.54) is 0 Å². The maximum absolute atomic E-state index is 11.4. The Bertz CT molecular complexity index is 365. The smallest absolute Gasteiger partial charge is 0.240 e. The highest BCUT2D eigenvalue weighted by Gasteiger charge is 2.45. The third kappa shape index (κ3) is 3.59. The van der Waals surface area contributed by atoms with Crippen molar-refractivity contribution in [3.8, 4) is 0 Å². The van der Waals surface area contributed by atoms with Gasteiger partial charge in [-0.25, -0.2) is 4.98 Å². The van der Waals surface area contributed by atoms with Crippen molar-refractivity contribution in [1.29, 1.82) is 0 Å². The molecule has 1 aliphatic rings. The maximum Gasteiger partial charge on any atom is 0.240 e. The first kappa shape index (κ1) is 15.6. The van der Waals surface area contributed by atoms with Gasteiger partial charge in [-0.3, -0.25) is 4.79 Å². The van der Waals surface area contributed by atoms with Gasteiger partial charge >= 0.3 is 0 Å². The Kier molecular flexibility index (Phi) is 5.69. The second-order valence-electron chi connectivity index (χ2n) is 3.72. The number of rotatable bonds is 3. The summed E-state index contributed by atoms with van der Waals surface area (Å²) in [4.78, 5) is 15.7. The highest BCUT2D eigenvalue weighted by molar-refractivity contribution is 7.09. The van der Waals surface area contributed by atoms with Gasteiger partial charge in [-0.05, 0) is 19.8 Å². The normalized spacial score (nSPS) is 15.6. The second-order valence-corrected chi connectivity index (χ2v) is 4.66. The largest absolute Gasteiger partial charge is 0.348 e. The van der Waals surface area contributed by atoms with Gasteiger partial charge in [-0.2, -0.15) is 0 Å². The Morgan fingerprint density at radius 3 is 2.69 bits per heavy atom. The minimum atomic E-state index is -0.577. The summed E-state index contributed by atoms with van der Waals surface area (Å²) in [5.74, 6) is -0.0506. The molecule has 4 nitrogen and oxygen atoms in total. The molecule has 0 aliphatic heterocycles. The van der Waals surface area contributed by atoms with Crippen LogP contribution in [0.2, 0.25) is 0 Å². The molecule has 1 saturated carbocycles. The second kappa shape index (κ2) is 5.82. The summed E-state index contributed by atoms with van der Waals surface area (Å²) >= 11 is 1.56. The van der Waals surface area contributed by atoms with Crippen LogP contribution in [0, 0.1) is 6.92 Å². The number of hydrogen-bond acceptors (Lipinski definition) is 4. The quantitative estimate of drug-likeness (QED) is 0.881. The average molecular weight is 284 g/mol. The Hall–Kier alpha value is -0.360. The lowest BCUT2D eigenvalue weighted by molar-refractivity contribution is -0.123. The van der Waals surface area contributed by atoms with Crippen LogP contribution in [0.3, 0.4) is 0 Å². The van der Waals surface area contributed by atoms with Crippen molar-refractivity contribution in [2.24, 2.45) is 5.73 Å². The first-order valence-corrected chi connectivity index (χ1v) is 5.46. The van der Waals surface area contributed by atoms with Crippen LogP contribution in [0.5, 0.6) is 0 Å². The number of halogens is 2. The van der Waals surface area contributed by atoms with Gasteiger partial charge in [0.1, 0.15) is 5.01 Å². The molecule has 16 heavy (non-hydrogen) atoms. The van der Waals surface area contributed by atoms with Crippen LogP contribution in [0.15, 0.2) is 5.38 Å². The lowest BCUT2D eigenvalue weighted by atomic mass is 10.3. The molecule has 1 heterocycles. The molecular formula is C9H15Cl2N3OS. The Morgan fingerprint density at radius 1 is 1.62 bits per heavy atom. The molecule has 3 N–H and O–H groups in total. The van der Waals surface area contributed by atoms with Crippen LogP contribution in [0.4, 0.5) is 0 Å². The van der Waals surface area contributed by atoms with Gasteiger partial charge in [-0.15, -0.1) is 36.2 Å². The topological polar surface area (TPSA) is 68.0 Å². The van der Waals surface area contributed by atoms with E-state index in [0.717, 1.165) is 23.5 Å². The van der Waals surface area contributed by atoms with Gasteiger partial charge in [0.25, 0.3) is 0 Å². The summed E-state index contributed by atoms with van der Waals surface area (Å²) < 4.78 is 0. The molecule has 0 unspecified atom stereocenters. The monoisotopic (exact) mass is 283 g/mol. The predicted molar refractivity (Wildman–Crippen MR) is 69.3 cm³/mol. The fourth-order valence-corrected chi connectivity index (χ4v) is 1.89. The SMILES string of the molecule is Cc1csc(CNC(=O)C2(N)CC2)n1.Cl.Cl. The predicted octanol–water partition coefficient (Wildman–Crippen LogP) is 1.40. The highest BCUT2D eigenvalue weighted by atomic mass is 35.5. The molecule has 0 spiro atoms. The fourth-order valence-electron chi connectivity index (χ4n) is 1.18. The maximum atomic E-state index is 11.4. The van der Waals surface area contributed by atoms with Crippen molar-refractivity contribution in [2.75, 3.05) is 0 Å². The van der Waals surface area contributed by atoms with E-state index in [1.807, 2.05) is 12.3 Å². The summed E-state index contributed by atoms with van der Waals surface area (Å²) in [5.41, 5.74) is 6.15. The first-order chi connectivity index (χ1) is 6.60. The molecule has 1 aliphatic carbocycles. The van der Waals surface area contributed by atoms with Gasteiger partial charge in [0.05, 0.1) is 12.1 Å². The molecular weight excluding hydrogens is 269 g/mol. The summed E-state index contributed by atoms with van der Waals surface area (Å²) in [6.07, 6.45) is 1.60. The van der Waals surface area contributed by atoms with Gasteiger partial charge < -0.3 is 11.1 Å². The first-order valence-electron chi connectivity index (χ1n) is 4.58. The van der Waals surface area contributed by atoms with Gasteiger partial charge in [0.2, 0.25) is 5.91 Å². The molecule has 0 aromatic carbocycles. The zero-order chi connectivity index (χ0) is 10.2. The number of nitrogens with one attached hydrogen (secondary N) is 1. The number of aromatic nitrogens is 1. The van der Waals surface area contributed by atoms with Crippen LogP contribution in [0.1, 0.15) is 23.5 Å². The van der Waals surface area contributed by atoms with Crippen LogP contribution in [0.25, 0.3) is 0 Å². The third-order valence-electron chi connectivity index (χ3n) is 2.31. The number of thiazole rings is 1. The fraction of sp³-hybridized carbons (Fsp3) is 0.556. The van der Waals surface area contributed by atoms with Crippen molar-refractivity contribution >= 4 is 42.1 Å². The number of carbonyl (C=O) groups excluding carboxylic acids is 1. The van der Waals surface area contributed by atoms with Crippen LogP contribution < -0.4 is 11.1 Å². The lowest BCUT2D eigenvalue weighted by Gasteiger charge is -2.07. The molecule has 0 saturated heterocycles. The number of nitrogens with two attached hydrogens (primary N) is 1. The summed E-state index contributed by atoms with van der Waals surface area (Å²) in [5, 5.41) is 5.70. The molecule has 1 aromatic heterocycles. The van der Waals surface area contributed by atoms with Crippen LogP contribution in [-0.2, 0) is 11.3 Å². The van der Waals surface area contributed by atoms with E-state index < -0.39 is 5.54 Å². The zero-order valence-electron chi connectivity index (χ0n) is 8.86. The summed E-state index contributed by atoms with van der Waals surface area (Å²) in [6, 6.07) is 0. The molecule has 0 atom stereocenters. The molecule has 1 amide bonds. The molecule has 0 bridgehead atoms. The Balaban J connectivity index is 0.00000112. The van der Waals surface area contributed by atoms with Crippen LogP contribution in [-0.4, -0.2) is 16.4 Å². The Morgan fingerprint density at radius 2 is 2.25 bits per heavy atom. The zero-order valence-corrected chi connectivity index (χ0v) is 11.3. The van der Waals surface area contributed by atoms with Crippen molar-refractivity contribution in [1.82, 2.24) is 10.3 Å². The molecule has 1 aromatic rings. The highest BCUT2D eigenvalue weighted by Crippen LogP contribution is 2.32. The van der Waals surface area contributed by atoms with E-state index in [9.17, 15) is 4.79 Å². The van der Waals surface area contributed by atoms with Gasteiger partial charge in [0.15, 0.2) is 0 Å². The molecule has 1 fully saturated rings. The number of carbonyl (C=O) groups is 1. The van der Waals surface area contributed by atoms with E-state index in [-0.39, 0.29) is 30.7 Å². The minimum Gasteiger partial charge on any atom is -0.348 e. The molecule has 2 rings (SSSR count). The standard InChI is InChI=1S/C9H13N3OS.2ClH/c1-6-5-14-7(12-6)4-11-8(13)9(10)2-3-9;;/h5H,2-4,10H2,1H3,(H,11,13);2*1H. The van der Waals surface area contributed by atoms with E-state index in [2.05, 4.69) is 10.3 Å². The van der Waals surface area contributed by atoms with E-state index in [4.69, 9.17) is 5.73 Å². The summed E-state index contributed by atoms with van der Waals surface area (Å²) in [6.45, 7) is 2.43. The molecule has 92 valence electrons. The number of aryl methyl sites for hydroxylation is 1. The van der Waals surface area contributed by atoms with E-state index in [0.29, 0.717) is 6.54 Å². The third-order valence-corrected chi connectivity index (χ3v) is 3.27. The average Bonchev–Trinajstić information content (AvgIpc) is 2.76. The van der Waals surface area contributed by atoms with Crippen LogP contribution >= 0.6 is 36.2 Å². The minimum absolute atomic E-state index is 0. The van der Waals surface area contributed by atoms with Crippen molar-refractivity contribution in [2.45, 2.75) is 31.8 Å². The lowest BCUT2D eigenvalue weighted by Crippen LogP contribution is -2.42. The molecule has 7 heteroatoms. The number of nitrogens with zero attached hydrogens (tertiary/aromatic N) is 1. The van der Waals surface area contributed by atoms with E-state index in [1.54, 1.807) is 11.3 Å². The van der Waals surface area contributed by atoms with Gasteiger partial charge in [-0.1, -0.05) is 0 Å². The summed E-state index contributed by atoms with van der Waals surface area (Å²) in [7, 11) is 0. The number of hydrogen-bond donors (Lipinski definition) is 2. The Labute approximate surface area is 111 Å². The number of amides is 1. The van der Waals surface area contributed by atoms with Crippen molar-refractivity contribution in [3.05, 3.63) is 16.1 Å².